The number of carbonyl (C=O) groups excluding carboxylic acids is 2. The van der Waals surface area contributed by atoms with Crippen LogP contribution in [-0.2, 0) is 9.53 Å². The third kappa shape index (κ3) is 3.11. The first-order valence-corrected chi connectivity index (χ1v) is 6.73. The lowest BCUT2D eigenvalue weighted by Gasteiger charge is -2.28. The third-order valence-electron chi connectivity index (χ3n) is 3.14. The van der Waals surface area contributed by atoms with Gasteiger partial charge in [-0.15, -0.1) is 11.6 Å². The van der Waals surface area contributed by atoms with Gasteiger partial charge in [0.1, 0.15) is 5.75 Å². The Bertz CT molecular complexity index is 583. The number of rotatable bonds is 4. The van der Waals surface area contributed by atoms with Crippen molar-refractivity contribution in [3.63, 3.8) is 0 Å². The first kappa shape index (κ1) is 15.2. The summed E-state index contributed by atoms with van der Waals surface area (Å²) >= 11 is 5.81. The molecule has 1 atom stereocenters. The van der Waals surface area contributed by atoms with Crippen LogP contribution < -0.4 is 15.4 Å². The van der Waals surface area contributed by atoms with Gasteiger partial charge in [0.15, 0.2) is 0 Å². The lowest BCUT2D eigenvalue weighted by atomic mass is 9.95. The molecule has 0 spiro atoms. The number of carbonyl (C=O) groups is 2. The quantitative estimate of drug-likeness (QED) is 0.656. The van der Waals surface area contributed by atoms with Crippen molar-refractivity contribution >= 4 is 23.6 Å². The predicted octanol–water partition coefficient (Wildman–Crippen LogP) is 1.71. The van der Waals surface area contributed by atoms with Crippen molar-refractivity contribution in [3.05, 3.63) is 41.1 Å². The molecule has 1 aromatic rings. The molecule has 1 aliphatic heterocycles. The Morgan fingerprint density at radius 1 is 1.29 bits per heavy atom. The molecule has 1 aliphatic rings. The van der Waals surface area contributed by atoms with E-state index >= 15 is 0 Å². The maximum Gasteiger partial charge on any atom is 0.338 e. The fourth-order valence-corrected chi connectivity index (χ4v) is 2.33. The van der Waals surface area contributed by atoms with E-state index in [1.54, 1.807) is 31.4 Å². The number of nitrogens with one attached hydrogen (secondary N) is 2. The number of hydrogen-bond donors (Lipinski definition) is 2. The molecule has 2 rings (SSSR count). The van der Waals surface area contributed by atoms with Crippen LogP contribution in [0.4, 0.5) is 4.79 Å². The highest BCUT2D eigenvalue weighted by molar-refractivity contribution is 6.20. The van der Waals surface area contributed by atoms with Gasteiger partial charge in [0.25, 0.3) is 0 Å². The minimum Gasteiger partial charge on any atom is -0.497 e. The van der Waals surface area contributed by atoms with Gasteiger partial charge in [-0.05, 0) is 17.7 Å². The number of amides is 2. The van der Waals surface area contributed by atoms with Crippen LogP contribution in [0.3, 0.4) is 0 Å². The first-order chi connectivity index (χ1) is 10.1. The second-order valence-corrected chi connectivity index (χ2v) is 4.59. The summed E-state index contributed by atoms with van der Waals surface area (Å²) in [5, 5.41) is 5.22. The van der Waals surface area contributed by atoms with Gasteiger partial charge < -0.3 is 20.1 Å². The molecule has 0 unspecified atom stereocenters. The summed E-state index contributed by atoms with van der Waals surface area (Å²) in [5.41, 5.74) is 1.36. The highest BCUT2D eigenvalue weighted by Crippen LogP contribution is 2.29. The summed E-state index contributed by atoms with van der Waals surface area (Å²) in [6.07, 6.45) is 0. The van der Waals surface area contributed by atoms with E-state index in [2.05, 4.69) is 10.6 Å². The zero-order chi connectivity index (χ0) is 15.4. The molecule has 0 saturated heterocycles. The monoisotopic (exact) mass is 310 g/mol. The van der Waals surface area contributed by atoms with E-state index in [1.807, 2.05) is 0 Å². The van der Waals surface area contributed by atoms with Gasteiger partial charge in [-0.1, -0.05) is 12.1 Å². The molecular weight excluding hydrogens is 296 g/mol. The smallest absolute Gasteiger partial charge is 0.338 e. The standard InChI is InChI=1S/C14H15ClN2O4/c1-20-9-5-3-8(4-6-9)12-11(13(18)21-2)10(7-15)16-14(19)17-12/h3-6,12H,7H2,1-2H3,(H2,16,17,19)/t12-/m0/s1. The van der Waals surface area contributed by atoms with Crippen molar-refractivity contribution < 1.29 is 19.1 Å². The number of hydrogen-bond acceptors (Lipinski definition) is 4. The van der Waals surface area contributed by atoms with Crippen LogP contribution in [0.15, 0.2) is 35.5 Å². The Morgan fingerprint density at radius 3 is 2.48 bits per heavy atom. The van der Waals surface area contributed by atoms with Crippen molar-refractivity contribution in [2.45, 2.75) is 6.04 Å². The highest BCUT2D eigenvalue weighted by Gasteiger charge is 2.32. The van der Waals surface area contributed by atoms with E-state index in [0.29, 0.717) is 11.4 Å². The summed E-state index contributed by atoms with van der Waals surface area (Å²) in [4.78, 5) is 23.7. The van der Waals surface area contributed by atoms with Crippen molar-refractivity contribution in [1.29, 1.82) is 0 Å². The number of ether oxygens (including phenoxy) is 2. The predicted molar refractivity (Wildman–Crippen MR) is 77.2 cm³/mol. The molecule has 0 radical (unpaired) electrons. The summed E-state index contributed by atoms with van der Waals surface area (Å²) < 4.78 is 9.87. The zero-order valence-corrected chi connectivity index (χ0v) is 12.4. The fraction of sp³-hybridized carbons (Fsp3) is 0.286. The van der Waals surface area contributed by atoms with E-state index in [4.69, 9.17) is 21.1 Å². The Morgan fingerprint density at radius 2 is 1.95 bits per heavy atom. The third-order valence-corrected chi connectivity index (χ3v) is 3.41. The van der Waals surface area contributed by atoms with Crippen molar-refractivity contribution in [3.8, 4) is 5.75 Å². The zero-order valence-electron chi connectivity index (χ0n) is 11.6. The first-order valence-electron chi connectivity index (χ1n) is 6.19. The van der Waals surface area contributed by atoms with Gasteiger partial charge in [0, 0.05) is 5.70 Å². The Labute approximate surface area is 127 Å². The molecule has 0 aromatic heterocycles. The molecular formula is C14H15ClN2O4. The lowest BCUT2D eigenvalue weighted by molar-refractivity contribution is -0.136. The molecule has 112 valence electrons. The largest absolute Gasteiger partial charge is 0.497 e. The molecule has 1 heterocycles. The molecule has 7 heteroatoms. The Kier molecular flexibility index (Phi) is 4.70. The van der Waals surface area contributed by atoms with Crippen LogP contribution >= 0.6 is 11.6 Å². The Balaban J connectivity index is 2.46. The van der Waals surface area contributed by atoms with Gasteiger partial charge in [-0.25, -0.2) is 9.59 Å². The van der Waals surface area contributed by atoms with Crippen molar-refractivity contribution in [2.24, 2.45) is 0 Å². The van der Waals surface area contributed by atoms with E-state index in [1.165, 1.54) is 7.11 Å². The maximum atomic E-state index is 12.0. The van der Waals surface area contributed by atoms with Gasteiger partial charge in [0.2, 0.25) is 0 Å². The number of methoxy groups -OCH3 is 2. The minimum atomic E-state index is -0.620. The van der Waals surface area contributed by atoms with Crippen LogP contribution in [0.2, 0.25) is 0 Å². The van der Waals surface area contributed by atoms with Gasteiger partial charge in [-0.2, -0.15) is 0 Å². The van der Waals surface area contributed by atoms with Crippen molar-refractivity contribution in [2.75, 3.05) is 20.1 Å². The highest BCUT2D eigenvalue weighted by atomic mass is 35.5. The molecule has 0 aliphatic carbocycles. The molecule has 6 nitrogen and oxygen atoms in total. The second kappa shape index (κ2) is 6.49. The fourth-order valence-electron chi connectivity index (χ4n) is 2.12. The normalized spacial score (nSPS) is 17.9. The SMILES string of the molecule is COC(=O)C1=C(CCl)NC(=O)N[C@H]1c1ccc(OC)cc1. The van der Waals surface area contributed by atoms with Crippen LogP contribution in [-0.4, -0.2) is 32.1 Å². The Hall–Kier alpha value is -2.21. The van der Waals surface area contributed by atoms with Crippen molar-refractivity contribution in [1.82, 2.24) is 10.6 Å². The van der Waals surface area contributed by atoms with Crippen LogP contribution in [0.25, 0.3) is 0 Å². The van der Waals surface area contributed by atoms with Crippen LogP contribution in [0.1, 0.15) is 11.6 Å². The number of esters is 1. The number of allylic oxidation sites excluding steroid dienone is 1. The van der Waals surface area contributed by atoms with Crippen LogP contribution in [0, 0.1) is 0 Å². The summed E-state index contributed by atoms with van der Waals surface area (Å²) in [6.45, 7) is 0. The molecule has 21 heavy (non-hydrogen) atoms. The topological polar surface area (TPSA) is 76.7 Å². The van der Waals surface area contributed by atoms with E-state index < -0.39 is 18.0 Å². The molecule has 1 aromatic carbocycles. The van der Waals surface area contributed by atoms with E-state index in [0.717, 1.165) is 5.56 Å². The number of halogens is 1. The summed E-state index contributed by atoms with van der Waals surface area (Å²) in [7, 11) is 2.84. The molecule has 0 saturated carbocycles. The van der Waals surface area contributed by atoms with Gasteiger partial charge in [0.05, 0.1) is 31.7 Å². The minimum absolute atomic E-state index is 0.00447. The lowest BCUT2D eigenvalue weighted by Crippen LogP contribution is -2.46. The molecule has 0 bridgehead atoms. The number of alkyl halides is 1. The number of benzene rings is 1. The number of urea groups is 1. The molecule has 0 fully saturated rings. The van der Waals surface area contributed by atoms with Crippen LogP contribution in [0.5, 0.6) is 5.75 Å². The molecule has 2 amide bonds. The van der Waals surface area contributed by atoms with E-state index in [9.17, 15) is 9.59 Å². The average molecular weight is 311 g/mol. The van der Waals surface area contributed by atoms with Gasteiger partial charge in [-0.3, -0.25) is 0 Å². The maximum absolute atomic E-state index is 12.0. The van der Waals surface area contributed by atoms with Gasteiger partial charge >= 0.3 is 12.0 Å². The summed E-state index contributed by atoms with van der Waals surface area (Å²) in [6, 6.07) is 6.00. The average Bonchev–Trinajstić information content (AvgIpc) is 2.53. The molecule has 2 N–H and O–H groups in total. The summed E-state index contributed by atoms with van der Waals surface area (Å²) in [5.74, 6) is 0.143. The van der Waals surface area contributed by atoms with E-state index in [-0.39, 0.29) is 11.5 Å². The second-order valence-electron chi connectivity index (χ2n) is 4.32.